The lowest BCUT2D eigenvalue weighted by Gasteiger charge is -2.14. The van der Waals surface area contributed by atoms with E-state index in [1.165, 1.54) is 0 Å². The molecule has 1 aromatic rings. The van der Waals surface area contributed by atoms with Crippen molar-refractivity contribution in [3.05, 3.63) is 28.2 Å². The molecule has 5 nitrogen and oxygen atoms in total. The molecular weight excluding hydrogens is 310 g/mol. The molecule has 3 N–H and O–H groups in total. The van der Waals surface area contributed by atoms with Crippen molar-refractivity contribution in [2.75, 3.05) is 13.2 Å². The molecule has 0 aliphatic carbocycles. The molecule has 1 unspecified atom stereocenters. The smallest absolute Gasteiger partial charge is 0.258 e. The fourth-order valence-electron chi connectivity index (χ4n) is 1.55. The highest BCUT2D eigenvalue weighted by Gasteiger charge is 2.11. The summed E-state index contributed by atoms with van der Waals surface area (Å²) in [6.07, 6.45) is 0.661. The van der Waals surface area contributed by atoms with Crippen LogP contribution in [0, 0.1) is 11.3 Å². The van der Waals surface area contributed by atoms with Crippen molar-refractivity contribution in [3.63, 3.8) is 0 Å². The standard InChI is InChI=1S/C13H16BrN3O2/c1-9(16)7-10-3-2-4-11(14)13(10)19-8-12(18)17-6-5-15/h2-4,9H,6-8,16H2,1H3,(H,17,18). The number of nitrogens with two attached hydrogens (primary N) is 1. The third kappa shape index (κ3) is 5.28. The van der Waals surface area contributed by atoms with Gasteiger partial charge in [0.2, 0.25) is 0 Å². The fourth-order valence-corrected chi connectivity index (χ4v) is 2.07. The zero-order valence-corrected chi connectivity index (χ0v) is 12.2. The molecule has 0 bridgehead atoms. The number of nitrogens with zero attached hydrogens (tertiary/aromatic N) is 1. The lowest BCUT2D eigenvalue weighted by atomic mass is 10.1. The van der Waals surface area contributed by atoms with Crippen LogP contribution in [0.25, 0.3) is 0 Å². The Kier molecular flexibility index (Phi) is 6.33. The first kappa shape index (κ1) is 15.5. The summed E-state index contributed by atoms with van der Waals surface area (Å²) < 4.78 is 6.28. The molecule has 1 rings (SSSR count). The van der Waals surface area contributed by atoms with E-state index in [0.29, 0.717) is 12.2 Å². The minimum Gasteiger partial charge on any atom is -0.482 e. The zero-order chi connectivity index (χ0) is 14.3. The number of carbonyl (C=O) groups is 1. The molecule has 1 aromatic carbocycles. The molecule has 0 saturated carbocycles. The number of nitrogens with one attached hydrogen (secondary N) is 1. The summed E-state index contributed by atoms with van der Waals surface area (Å²) >= 11 is 3.39. The van der Waals surface area contributed by atoms with Crippen molar-refractivity contribution in [2.24, 2.45) is 5.73 Å². The number of amides is 1. The summed E-state index contributed by atoms with van der Waals surface area (Å²) in [6.45, 7) is 1.76. The van der Waals surface area contributed by atoms with Crippen LogP contribution >= 0.6 is 15.9 Å². The Labute approximate surface area is 120 Å². The maximum atomic E-state index is 11.4. The van der Waals surface area contributed by atoms with E-state index in [1.807, 2.05) is 31.2 Å². The Morgan fingerprint density at radius 2 is 2.37 bits per heavy atom. The van der Waals surface area contributed by atoms with Gasteiger partial charge in [-0.2, -0.15) is 5.26 Å². The molecule has 0 aliphatic heterocycles. The molecule has 0 aromatic heterocycles. The Hall–Kier alpha value is -1.58. The van der Waals surface area contributed by atoms with Gasteiger partial charge in [-0.1, -0.05) is 12.1 Å². The zero-order valence-electron chi connectivity index (χ0n) is 10.6. The summed E-state index contributed by atoms with van der Waals surface area (Å²) in [4.78, 5) is 11.4. The minimum atomic E-state index is -0.330. The Morgan fingerprint density at radius 3 is 3.00 bits per heavy atom. The van der Waals surface area contributed by atoms with Crippen LogP contribution in [0.1, 0.15) is 12.5 Å². The maximum absolute atomic E-state index is 11.4. The maximum Gasteiger partial charge on any atom is 0.258 e. The average molecular weight is 326 g/mol. The van der Waals surface area contributed by atoms with Gasteiger partial charge in [0.05, 0.1) is 10.5 Å². The monoisotopic (exact) mass is 325 g/mol. The number of carbonyl (C=O) groups excluding carboxylic acids is 1. The number of benzene rings is 1. The van der Waals surface area contributed by atoms with Gasteiger partial charge in [-0.15, -0.1) is 0 Å². The topological polar surface area (TPSA) is 88.1 Å². The van der Waals surface area contributed by atoms with Gasteiger partial charge in [-0.05, 0) is 40.9 Å². The molecule has 0 fully saturated rings. The molecule has 0 spiro atoms. The van der Waals surface area contributed by atoms with Gasteiger partial charge in [-0.3, -0.25) is 4.79 Å². The summed E-state index contributed by atoms with van der Waals surface area (Å²) in [5.74, 6) is 0.288. The Bertz CT molecular complexity index is 483. The van der Waals surface area contributed by atoms with Gasteiger partial charge in [0.15, 0.2) is 6.61 Å². The van der Waals surface area contributed by atoms with Crippen LogP contribution < -0.4 is 15.8 Å². The molecule has 1 atom stereocenters. The number of rotatable bonds is 6. The number of hydrogen-bond donors (Lipinski definition) is 2. The second-order valence-electron chi connectivity index (χ2n) is 4.13. The van der Waals surface area contributed by atoms with Crippen LogP contribution in [-0.4, -0.2) is 25.1 Å². The predicted octanol–water partition coefficient (Wildman–Crippen LogP) is 1.36. The van der Waals surface area contributed by atoms with E-state index < -0.39 is 0 Å². The lowest BCUT2D eigenvalue weighted by molar-refractivity contribution is -0.122. The van der Waals surface area contributed by atoms with Crippen LogP contribution in [-0.2, 0) is 11.2 Å². The first-order chi connectivity index (χ1) is 9.04. The Balaban J connectivity index is 2.71. The summed E-state index contributed by atoms with van der Waals surface area (Å²) in [6, 6.07) is 7.48. The van der Waals surface area contributed by atoms with Crippen LogP contribution in [0.3, 0.4) is 0 Å². The second-order valence-corrected chi connectivity index (χ2v) is 4.99. The molecule has 1 amide bonds. The number of nitriles is 1. The highest BCUT2D eigenvalue weighted by molar-refractivity contribution is 9.10. The fraction of sp³-hybridized carbons (Fsp3) is 0.385. The van der Waals surface area contributed by atoms with Gasteiger partial charge < -0.3 is 15.8 Å². The molecule has 102 valence electrons. The summed E-state index contributed by atoms with van der Waals surface area (Å²) in [5.41, 5.74) is 6.72. The van der Waals surface area contributed by atoms with Crippen molar-refractivity contribution in [1.29, 1.82) is 5.26 Å². The van der Waals surface area contributed by atoms with Gasteiger partial charge in [0, 0.05) is 6.04 Å². The van der Waals surface area contributed by atoms with Gasteiger partial charge in [0.1, 0.15) is 12.3 Å². The van der Waals surface area contributed by atoms with Crippen molar-refractivity contribution in [3.8, 4) is 11.8 Å². The molecule has 6 heteroatoms. The first-order valence-electron chi connectivity index (χ1n) is 5.84. The van der Waals surface area contributed by atoms with Crippen molar-refractivity contribution in [2.45, 2.75) is 19.4 Å². The number of para-hydroxylation sites is 1. The van der Waals surface area contributed by atoms with Crippen LogP contribution in [0.2, 0.25) is 0 Å². The molecule has 0 saturated heterocycles. The third-order valence-corrected chi connectivity index (χ3v) is 2.93. The Morgan fingerprint density at radius 1 is 1.63 bits per heavy atom. The van der Waals surface area contributed by atoms with E-state index in [2.05, 4.69) is 21.2 Å². The van der Waals surface area contributed by atoms with E-state index in [1.54, 1.807) is 0 Å². The van der Waals surface area contributed by atoms with Crippen molar-refractivity contribution in [1.82, 2.24) is 5.32 Å². The van der Waals surface area contributed by atoms with E-state index >= 15 is 0 Å². The highest BCUT2D eigenvalue weighted by Crippen LogP contribution is 2.29. The quantitative estimate of drug-likeness (QED) is 0.773. The predicted molar refractivity (Wildman–Crippen MR) is 75.6 cm³/mol. The minimum absolute atomic E-state index is 0.00376. The van der Waals surface area contributed by atoms with Crippen molar-refractivity contribution >= 4 is 21.8 Å². The molecule has 0 radical (unpaired) electrons. The van der Waals surface area contributed by atoms with Gasteiger partial charge in [-0.25, -0.2) is 0 Å². The number of halogens is 1. The van der Waals surface area contributed by atoms with E-state index in [-0.39, 0.29) is 25.1 Å². The second kappa shape index (κ2) is 7.77. The number of hydrogen-bond acceptors (Lipinski definition) is 4. The molecule has 0 aliphatic rings. The molecular formula is C13H16BrN3O2. The SMILES string of the molecule is CC(N)Cc1cccc(Br)c1OCC(=O)NCC#N. The van der Waals surface area contributed by atoms with Gasteiger partial charge in [0.25, 0.3) is 5.91 Å². The third-order valence-electron chi connectivity index (χ3n) is 2.30. The van der Waals surface area contributed by atoms with Crippen LogP contribution in [0.5, 0.6) is 5.75 Å². The van der Waals surface area contributed by atoms with E-state index in [4.69, 9.17) is 15.7 Å². The normalized spacial score (nSPS) is 11.5. The lowest BCUT2D eigenvalue weighted by Crippen LogP contribution is -2.29. The first-order valence-corrected chi connectivity index (χ1v) is 6.63. The van der Waals surface area contributed by atoms with E-state index in [0.717, 1.165) is 10.0 Å². The molecule has 19 heavy (non-hydrogen) atoms. The van der Waals surface area contributed by atoms with Crippen LogP contribution in [0.15, 0.2) is 22.7 Å². The van der Waals surface area contributed by atoms with E-state index in [9.17, 15) is 4.79 Å². The average Bonchev–Trinajstić information content (AvgIpc) is 2.35. The summed E-state index contributed by atoms with van der Waals surface area (Å²) in [5, 5.41) is 10.8. The van der Waals surface area contributed by atoms with Crippen LogP contribution in [0.4, 0.5) is 0 Å². The van der Waals surface area contributed by atoms with Gasteiger partial charge >= 0.3 is 0 Å². The number of ether oxygens (including phenoxy) is 1. The summed E-state index contributed by atoms with van der Waals surface area (Å²) in [7, 11) is 0. The largest absolute Gasteiger partial charge is 0.482 e. The van der Waals surface area contributed by atoms with Crippen molar-refractivity contribution < 1.29 is 9.53 Å². The molecule has 0 heterocycles. The highest BCUT2D eigenvalue weighted by atomic mass is 79.9.